The van der Waals surface area contributed by atoms with Crippen molar-refractivity contribution < 1.29 is 9.89 Å². The van der Waals surface area contributed by atoms with E-state index in [1.807, 2.05) is 0 Å². The van der Waals surface area contributed by atoms with Crippen LogP contribution in [-0.2, 0) is 0 Å². The van der Waals surface area contributed by atoms with Crippen LogP contribution in [-0.4, -0.2) is 9.89 Å². The number of rotatable bonds is 2. The molecule has 0 saturated heterocycles. The summed E-state index contributed by atoms with van der Waals surface area (Å²) < 4.78 is 0.783. The summed E-state index contributed by atoms with van der Waals surface area (Å²) >= 11 is 3.16. The minimum absolute atomic E-state index is 0.0492. The maximum atomic E-state index is 10.9. The molecule has 0 aromatic heterocycles. The highest BCUT2D eigenvalue weighted by molar-refractivity contribution is 9.10. The normalized spacial score (nSPS) is 11.3. The molecule has 1 aromatic carbocycles. The number of nitrogens with zero attached hydrogens (tertiary/aromatic N) is 3. The Kier molecular flexibility index (Phi) is 2.91. The monoisotopic (exact) mass is 245 g/mol. The van der Waals surface area contributed by atoms with Gasteiger partial charge in [0, 0.05) is 21.5 Å². The van der Waals surface area contributed by atoms with Gasteiger partial charge in [-0.15, -0.1) is 0 Å². The third-order valence-corrected chi connectivity index (χ3v) is 1.73. The highest BCUT2D eigenvalue weighted by Crippen LogP contribution is 2.16. The fourth-order valence-electron chi connectivity index (χ4n) is 0.687. The molecule has 7 heteroatoms. The second kappa shape index (κ2) is 3.94. The van der Waals surface area contributed by atoms with Crippen molar-refractivity contribution in [1.29, 1.82) is 0 Å². The molecule has 0 aliphatic carbocycles. The molecule has 0 heterocycles. The third kappa shape index (κ3) is 2.79. The number of halogens is 1. The van der Waals surface area contributed by atoms with E-state index in [2.05, 4.69) is 21.2 Å². The average molecular weight is 246 g/mol. The Hall–Kier alpha value is -1.50. The van der Waals surface area contributed by atoms with Crippen LogP contribution in [0.1, 0.15) is 0 Å². The van der Waals surface area contributed by atoms with E-state index in [1.165, 1.54) is 12.1 Å². The molecule has 13 heavy (non-hydrogen) atoms. The summed E-state index contributed by atoms with van der Waals surface area (Å²) in [5.41, 5.74) is 0.111. The molecule has 0 spiro atoms. The Morgan fingerprint density at radius 3 is 2.23 bits per heavy atom. The Morgan fingerprint density at radius 1 is 1.23 bits per heavy atom. The SMILES string of the molecule is O=[N+]([O-])N=[N+]([O-])c1ccc(Br)cc1. The molecule has 0 unspecified atom stereocenters. The van der Waals surface area contributed by atoms with Crippen LogP contribution in [0, 0.1) is 15.3 Å². The predicted molar refractivity (Wildman–Crippen MR) is 46.9 cm³/mol. The van der Waals surface area contributed by atoms with Gasteiger partial charge in [-0.25, -0.2) is 10.1 Å². The molecular formula is C6H4BrN3O3. The lowest BCUT2D eigenvalue weighted by Crippen LogP contribution is -1.96. The zero-order valence-electron chi connectivity index (χ0n) is 6.25. The van der Waals surface area contributed by atoms with Crippen molar-refractivity contribution in [3.05, 3.63) is 44.1 Å². The zero-order chi connectivity index (χ0) is 9.84. The first-order valence-electron chi connectivity index (χ1n) is 3.18. The summed E-state index contributed by atoms with van der Waals surface area (Å²) in [4.78, 5) is 9.79. The fourth-order valence-corrected chi connectivity index (χ4v) is 0.951. The van der Waals surface area contributed by atoms with E-state index in [9.17, 15) is 15.3 Å². The van der Waals surface area contributed by atoms with Crippen molar-refractivity contribution in [3.8, 4) is 0 Å². The van der Waals surface area contributed by atoms with Gasteiger partial charge in [0.1, 0.15) is 0 Å². The van der Waals surface area contributed by atoms with E-state index < -0.39 is 5.03 Å². The fraction of sp³-hybridized carbons (Fsp3) is 0. The van der Waals surface area contributed by atoms with E-state index in [0.717, 1.165) is 4.47 Å². The van der Waals surface area contributed by atoms with E-state index in [4.69, 9.17) is 0 Å². The molecule has 0 bridgehead atoms. The average Bonchev–Trinajstić information content (AvgIpc) is 2.04. The van der Waals surface area contributed by atoms with Gasteiger partial charge >= 0.3 is 5.22 Å². The quantitative estimate of drug-likeness (QED) is 0.347. The minimum Gasteiger partial charge on any atom is -0.590 e. The van der Waals surface area contributed by atoms with Gasteiger partial charge in [-0.2, -0.15) is 0 Å². The van der Waals surface area contributed by atoms with Crippen molar-refractivity contribution in [2.75, 3.05) is 0 Å². The molecule has 0 N–H and O–H groups in total. The number of benzene rings is 1. The van der Waals surface area contributed by atoms with Gasteiger partial charge in [-0.3, -0.25) is 0 Å². The Balaban J connectivity index is 2.96. The lowest BCUT2D eigenvalue weighted by molar-refractivity contribution is -0.642. The molecule has 0 fully saturated rings. The standard InChI is InChI=1S/C6H4BrN3O3/c7-5-1-3-6(4-2-5)9(11)8-10(12)13/h1-4H. The summed E-state index contributed by atoms with van der Waals surface area (Å²) in [6.07, 6.45) is 0. The first-order chi connectivity index (χ1) is 6.09. The topological polar surface area (TPSA) is 81.6 Å². The van der Waals surface area contributed by atoms with E-state index in [-0.39, 0.29) is 10.5 Å². The minimum atomic E-state index is -1.05. The molecule has 68 valence electrons. The first kappa shape index (κ1) is 9.59. The summed E-state index contributed by atoms with van der Waals surface area (Å²) in [7, 11) is 0. The molecule has 6 nitrogen and oxygen atoms in total. The first-order valence-corrected chi connectivity index (χ1v) is 3.97. The summed E-state index contributed by atoms with van der Waals surface area (Å²) in [6.45, 7) is 0. The van der Waals surface area contributed by atoms with Gasteiger partial charge in [0.25, 0.3) is 10.7 Å². The predicted octanol–water partition coefficient (Wildman–Crippen LogP) is 2.23. The highest BCUT2D eigenvalue weighted by atomic mass is 79.9. The Bertz CT molecular complexity index is 349. The lowest BCUT2D eigenvalue weighted by Gasteiger charge is -1.94. The molecule has 0 saturated carbocycles. The van der Waals surface area contributed by atoms with Crippen LogP contribution in [0.5, 0.6) is 0 Å². The van der Waals surface area contributed by atoms with Crippen LogP contribution >= 0.6 is 15.9 Å². The van der Waals surface area contributed by atoms with Gasteiger partial charge in [-0.1, -0.05) is 15.9 Å². The molecule has 1 rings (SSSR count). The molecule has 0 radical (unpaired) electrons. The number of hydrogen-bond donors (Lipinski definition) is 0. The van der Waals surface area contributed by atoms with Crippen LogP contribution in [0.4, 0.5) is 5.69 Å². The van der Waals surface area contributed by atoms with Gasteiger partial charge in [-0.05, 0) is 12.1 Å². The van der Waals surface area contributed by atoms with Crippen molar-refractivity contribution in [1.82, 2.24) is 0 Å². The summed E-state index contributed by atoms with van der Waals surface area (Å²) in [5, 5.41) is 22.2. The van der Waals surface area contributed by atoms with Gasteiger partial charge < -0.3 is 5.21 Å². The van der Waals surface area contributed by atoms with Crippen LogP contribution in [0.2, 0.25) is 0 Å². The zero-order valence-corrected chi connectivity index (χ0v) is 7.84. The molecule has 0 amide bonds. The van der Waals surface area contributed by atoms with Crippen molar-refractivity contribution >= 4 is 21.6 Å². The van der Waals surface area contributed by atoms with Crippen molar-refractivity contribution in [2.45, 2.75) is 0 Å². The molecule has 1 aromatic rings. The van der Waals surface area contributed by atoms with E-state index in [0.29, 0.717) is 0 Å². The van der Waals surface area contributed by atoms with E-state index >= 15 is 0 Å². The largest absolute Gasteiger partial charge is 0.590 e. The van der Waals surface area contributed by atoms with Crippen LogP contribution in [0.25, 0.3) is 0 Å². The molecular weight excluding hydrogens is 242 g/mol. The van der Waals surface area contributed by atoms with Crippen LogP contribution in [0.3, 0.4) is 0 Å². The van der Waals surface area contributed by atoms with Gasteiger partial charge in [0.05, 0.1) is 0 Å². The third-order valence-electron chi connectivity index (χ3n) is 1.20. The van der Waals surface area contributed by atoms with E-state index in [1.54, 1.807) is 12.1 Å². The van der Waals surface area contributed by atoms with Crippen LogP contribution < -0.4 is 0 Å². The number of hydrogen-bond acceptors (Lipinski definition) is 3. The highest BCUT2D eigenvalue weighted by Gasteiger charge is 2.07. The number of nitro groups is 1. The smallest absolute Gasteiger partial charge is 0.349 e. The van der Waals surface area contributed by atoms with Crippen LogP contribution in [0.15, 0.2) is 34.0 Å². The maximum Gasteiger partial charge on any atom is 0.349 e. The molecule has 0 aliphatic rings. The Labute approximate surface area is 81.3 Å². The second-order valence-electron chi connectivity index (χ2n) is 2.08. The van der Waals surface area contributed by atoms with Gasteiger partial charge in [0.15, 0.2) is 0 Å². The lowest BCUT2D eigenvalue weighted by atomic mass is 10.3. The summed E-state index contributed by atoms with van der Waals surface area (Å²) in [6, 6.07) is 6.03. The van der Waals surface area contributed by atoms with Gasteiger partial charge in [0.2, 0.25) is 0 Å². The maximum absolute atomic E-state index is 10.9. The molecule has 0 atom stereocenters. The molecule has 0 aliphatic heterocycles. The Morgan fingerprint density at radius 2 is 1.77 bits per heavy atom. The van der Waals surface area contributed by atoms with Crippen molar-refractivity contribution in [2.24, 2.45) is 5.22 Å². The van der Waals surface area contributed by atoms with Crippen molar-refractivity contribution in [3.63, 3.8) is 0 Å². The summed E-state index contributed by atoms with van der Waals surface area (Å²) in [5.74, 6) is 0. The second-order valence-corrected chi connectivity index (χ2v) is 2.99.